The van der Waals surface area contributed by atoms with Crippen molar-refractivity contribution >= 4 is 11.9 Å². The van der Waals surface area contributed by atoms with Gasteiger partial charge in [0.2, 0.25) is 5.91 Å². The van der Waals surface area contributed by atoms with E-state index < -0.39 is 11.6 Å². The van der Waals surface area contributed by atoms with Crippen LogP contribution in [0.25, 0.3) is 0 Å². The molecule has 0 spiro atoms. The molecular formula is C26H39N5O4. The van der Waals surface area contributed by atoms with E-state index in [0.29, 0.717) is 51.6 Å². The monoisotopic (exact) mass is 485 g/mol. The van der Waals surface area contributed by atoms with Gasteiger partial charge in [0, 0.05) is 25.1 Å². The number of carbonyl (C=O) groups is 2. The third kappa shape index (κ3) is 7.40. The maximum Gasteiger partial charge on any atom is 0.318 e. The molecule has 4 rings (SSSR count). The Morgan fingerprint density at radius 3 is 2.57 bits per heavy atom. The second-order valence-electron chi connectivity index (χ2n) is 10.1. The fraction of sp³-hybridized carbons (Fsp3) is 0.654. The van der Waals surface area contributed by atoms with E-state index in [1.165, 1.54) is 29.7 Å². The second-order valence-corrected chi connectivity index (χ2v) is 10.1. The third-order valence-corrected chi connectivity index (χ3v) is 7.54. The van der Waals surface area contributed by atoms with Crippen molar-refractivity contribution in [2.75, 3.05) is 39.4 Å². The van der Waals surface area contributed by atoms with Crippen molar-refractivity contribution in [1.29, 1.82) is 5.26 Å². The second kappa shape index (κ2) is 12.9. The van der Waals surface area contributed by atoms with Gasteiger partial charge in [0.25, 0.3) is 0 Å². The van der Waals surface area contributed by atoms with Gasteiger partial charge in [0.15, 0.2) is 5.54 Å². The zero-order chi connectivity index (χ0) is 23.8. The first kappa shape index (κ1) is 26.9. The van der Waals surface area contributed by atoms with Crippen LogP contribution < -0.4 is 15.5 Å². The number of carbonyl (C=O) groups excluding carboxylic acids is 2. The number of nitriles is 1. The Bertz CT molecular complexity index is 864. The van der Waals surface area contributed by atoms with E-state index in [1.807, 2.05) is 18.2 Å². The van der Waals surface area contributed by atoms with E-state index in [9.17, 15) is 14.9 Å². The molecule has 1 aromatic rings. The number of nitrogens with zero attached hydrogens (tertiary/aromatic N) is 2. The Balaban J connectivity index is 0.00000342. The van der Waals surface area contributed by atoms with Crippen LogP contribution in [0.1, 0.15) is 50.5 Å². The standard InChI is InChI=1S/C26H37N5O3.H2O/c27-19-26(11-12-30(20-26)18-22-9-5-2-6-10-22)29-24(32)23(17-21-7-3-1-4-8-21)28-25(33)31-13-15-34-16-14-31;/h2,5-6,9-10,21,23H,1,3-4,7-8,11-18,20H2,(H,28,33)(H,29,32);1H2/t23-,26?;/m0./s1. The van der Waals surface area contributed by atoms with Gasteiger partial charge in [0.1, 0.15) is 19.1 Å². The summed E-state index contributed by atoms with van der Waals surface area (Å²) in [6.45, 7) is 4.33. The Kier molecular flexibility index (Phi) is 9.90. The van der Waals surface area contributed by atoms with Gasteiger partial charge in [-0.25, -0.2) is 4.79 Å². The molecule has 2 heterocycles. The lowest BCUT2D eigenvalue weighted by molar-refractivity contribution is -0.902. The highest BCUT2D eigenvalue weighted by atomic mass is 16.5. The van der Waals surface area contributed by atoms with Crippen molar-refractivity contribution in [3.8, 4) is 6.07 Å². The zero-order valence-corrected chi connectivity index (χ0v) is 20.5. The lowest BCUT2D eigenvalue weighted by atomic mass is 9.84. The number of ether oxygens (including phenoxy) is 1. The van der Waals surface area contributed by atoms with Crippen molar-refractivity contribution < 1.29 is 24.7 Å². The Labute approximate surface area is 208 Å². The molecule has 3 fully saturated rings. The molecule has 1 aliphatic carbocycles. The van der Waals surface area contributed by atoms with Crippen LogP contribution in [0.3, 0.4) is 0 Å². The summed E-state index contributed by atoms with van der Waals surface area (Å²) in [5.74, 6) is 0.200. The van der Waals surface area contributed by atoms with Gasteiger partial charge in [-0.1, -0.05) is 62.4 Å². The summed E-state index contributed by atoms with van der Waals surface area (Å²) >= 11 is 0. The van der Waals surface area contributed by atoms with Gasteiger partial charge in [-0.3, -0.25) is 4.79 Å². The number of morpholine rings is 1. The molecule has 2 unspecified atom stereocenters. The highest BCUT2D eigenvalue weighted by Crippen LogP contribution is 2.28. The van der Waals surface area contributed by atoms with E-state index in [0.717, 1.165) is 25.9 Å². The summed E-state index contributed by atoms with van der Waals surface area (Å²) in [6, 6.07) is 11.8. The average Bonchev–Trinajstić information content (AvgIpc) is 3.28. The maximum atomic E-state index is 13.5. The molecule has 3 atom stereocenters. The molecule has 9 heteroatoms. The summed E-state index contributed by atoms with van der Waals surface area (Å²) in [6.07, 6.45) is 7.03. The van der Waals surface area contributed by atoms with Crippen LogP contribution >= 0.6 is 0 Å². The number of benzene rings is 1. The quantitative estimate of drug-likeness (QED) is 0.532. The van der Waals surface area contributed by atoms with E-state index in [4.69, 9.17) is 4.74 Å². The first-order valence-electron chi connectivity index (χ1n) is 12.8. The van der Waals surface area contributed by atoms with Crippen LogP contribution in [0.15, 0.2) is 30.3 Å². The number of amides is 3. The van der Waals surface area contributed by atoms with Crippen molar-refractivity contribution in [2.45, 2.75) is 63.1 Å². The molecule has 0 bridgehead atoms. The van der Waals surface area contributed by atoms with Gasteiger partial charge in [-0.2, -0.15) is 5.26 Å². The van der Waals surface area contributed by atoms with Gasteiger partial charge in [-0.15, -0.1) is 0 Å². The lowest BCUT2D eigenvalue weighted by Gasteiger charge is -2.32. The minimum absolute atomic E-state index is 0. The largest absolute Gasteiger partial charge is 0.870 e. The zero-order valence-electron chi connectivity index (χ0n) is 20.5. The van der Waals surface area contributed by atoms with E-state index in [2.05, 4.69) is 28.8 Å². The van der Waals surface area contributed by atoms with Crippen LogP contribution in [0.4, 0.5) is 4.79 Å². The average molecular weight is 486 g/mol. The molecule has 2 saturated heterocycles. The van der Waals surface area contributed by atoms with Crippen LogP contribution in [0.2, 0.25) is 0 Å². The van der Waals surface area contributed by atoms with Crippen molar-refractivity contribution in [2.24, 2.45) is 5.92 Å². The summed E-state index contributed by atoms with van der Waals surface area (Å²) in [7, 11) is 0. The lowest BCUT2D eigenvalue weighted by Crippen LogP contribution is -3.09. The van der Waals surface area contributed by atoms with Gasteiger partial charge >= 0.3 is 6.03 Å². The Morgan fingerprint density at radius 2 is 1.89 bits per heavy atom. The molecule has 0 aromatic heterocycles. The van der Waals surface area contributed by atoms with E-state index in [-0.39, 0.29) is 17.4 Å². The molecule has 1 aromatic carbocycles. The molecule has 35 heavy (non-hydrogen) atoms. The number of hydrogen-bond acceptors (Lipinski definition) is 5. The van der Waals surface area contributed by atoms with Crippen molar-refractivity contribution in [1.82, 2.24) is 15.5 Å². The maximum absolute atomic E-state index is 13.5. The topological polar surface area (TPSA) is 129 Å². The third-order valence-electron chi connectivity index (χ3n) is 7.54. The highest BCUT2D eigenvalue weighted by Gasteiger charge is 2.44. The Hall–Kier alpha value is -2.67. The summed E-state index contributed by atoms with van der Waals surface area (Å²) < 4.78 is 5.35. The van der Waals surface area contributed by atoms with Gasteiger partial charge < -0.3 is 30.6 Å². The first-order chi connectivity index (χ1) is 16.6. The van der Waals surface area contributed by atoms with E-state index in [1.54, 1.807) is 4.90 Å². The minimum Gasteiger partial charge on any atom is -0.870 e. The smallest absolute Gasteiger partial charge is 0.318 e. The fourth-order valence-electron chi connectivity index (χ4n) is 5.58. The Morgan fingerprint density at radius 1 is 1.17 bits per heavy atom. The summed E-state index contributed by atoms with van der Waals surface area (Å²) in [5, 5.41) is 16.1. The molecule has 3 amide bonds. The van der Waals surface area contributed by atoms with Crippen LogP contribution in [0.5, 0.6) is 0 Å². The summed E-state index contributed by atoms with van der Waals surface area (Å²) in [5.41, 5.74) is 0.334. The number of rotatable bonds is 7. The molecular weight excluding hydrogens is 446 g/mol. The van der Waals surface area contributed by atoms with Gasteiger partial charge in [-0.05, 0) is 12.3 Å². The molecule has 3 aliphatic rings. The predicted octanol–water partition coefficient (Wildman–Crippen LogP) is 1.06. The number of hydrogen-bond donors (Lipinski definition) is 3. The van der Waals surface area contributed by atoms with Crippen LogP contribution in [-0.4, -0.2) is 73.3 Å². The van der Waals surface area contributed by atoms with Crippen LogP contribution in [0, 0.1) is 17.2 Å². The van der Waals surface area contributed by atoms with Crippen LogP contribution in [-0.2, 0) is 16.1 Å². The molecule has 2 aliphatic heterocycles. The normalized spacial score (nSPS) is 25.7. The molecule has 1 saturated carbocycles. The highest BCUT2D eigenvalue weighted by molar-refractivity contribution is 5.87. The minimum atomic E-state index is -0.893. The van der Waals surface area contributed by atoms with Crippen molar-refractivity contribution in [3.63, 3.8) is 0 Å². The molecule has 0 radical (unpaired) electrons. The molecule has 4 N–H and O–H groups in total. The van der Waals surface area contributed by atoms with Crippen molar-refractivity contribution in [3.05, 3.63) is 35.9 Å². The number of nitrogens with one attached hydrogen (secondary N) is 3. The molecule has 192 valence electrons. The predicted molar refractivity (Wildman–Crippen MR) is 130 cm³/mol. The van der Waals surface area contributed by atoms with E-state index >= 15 is 0 Å². The van der Waals surface area contributed by atoms with Gasteiger partial charge in [0.05, 0.1) is 25.8 Å². The summed E-state index contributed by atoms with van der Waals surface area (Å²) in [4.78, 5) is 29.4. The molecule has 9 nitrogen and oxygen atoms in total. The fourth-order valence-corrected chi connectivity index (χ4v) is 5.58. The SMILES string of the molecule is N#CC1(NC(=O)[C@H](CC2CCCCC2)NC(=O)N2CCOCC2)CC[NH+](Cc2ccccc2)C1.[OH-]. The number of likely N-dealkylation sites (tertiary alicyclic amines) is 1. The number of urea groups is 1. The first-order valence-corrected chi connectivity index (χ1v) is 12.8. The number of quaternary nitrogens is 1.